The van der Waals surface area contributed by atoms with E-state index in [0.29, 0.717) is 0 Å². The van der Waals surface area contributed by atoms with Gasteiger partial charge in [-0.3, -0.25) is 0 Å². The third kappa shape index (κ3) is 0.174. The second-order valence-electron chi connectivity index (χ2n) is 0.364. The molecule has 23 valence electrons. The van der Waals surface area contributed by atoms with E-state index in [2.05, 4.69) is 5.73 Å². The fourth-order valence-electron chi connectivity index (χ4n) is 0. The molecule has 0 aliphatic carbocycles. The van der Waals surface area contributed by atoms with E-state index in [-0.39, 0.29) is 0 Å². The third-order valence-corrected chi connectivity index (χ3v) is 0. The second kappa shape index (κ2) is 0.711. The summed E-state index contributed by atoms with van der Waals surface area (Å²) in [4.78, 5) is 8.89. The van der Waals surface area contributed by atoms with Gasteiger partial charge in [-0.2, -0.15) is 0 Å². The summed E-state index contributed by atoms with van der Waals surface area (Å²) in [6.45, 7) is 0. The van der Waals surface area contributed by atoms with E-state index < -0.39 is 6.03 Å². The van der Waals surface area contributed by atoms with Gasteiger partial charge in [0.05, 0.1) is 0 Å². The Kier molecular flexibility index (Phi) is 0.581. The van der Waals surface area contributed by atoms with Gasteiger partial charge in [0.1, 0.15) is 0 Å². The van der Waals surface area contributed by atoms with Gasteiger partial charge in [0.2, 0.25) is 0 Å². The molecule has 0 aliphatic heterocycles. The first kappa shape index (κ1) is 3.27. The summed E-state index contributed by atoms with van der Waals surface area (Å²) >= 11 is 0. The zero-order chi connectivity index (χ0) is 3.58. The molecule has 2 amide bonds. The lowest BCUT2D eigenvalue weighted by Gasteiger charge is -1.59. The van der Waals surface area contributed by atoms with Crippen molar-refractivity contribution in [1.29, 1.82) is 0 Å². The van der Waals surface area contributed by atoms with Crippen molar-refractivity contribution < 1.29 is 4.79 Å². The largest absolute Gasteiger partial charge is 0.350 e. The average Bonchev–Trinajstić information content (AvgIpc) is 0.811. The van der Waals surface area contributed by atoms with Gasteiger partial charge in [0, 0.05) is 0 Å². The summed E-state index contributed by atoms with van der Waals surface area (Å²) in [5, 5.41) is 0. The van der Waals surface area contributed by atoms with E-state index in [1.807, 2.05) is 0 Å². The molecule has 0 aliphatic rings. The predicted molar refractivity (Wildman–Crippen MR) is 12.7 cm³/mol. The van der Waals surface area contributed by atoms with Crippen molar-refractivity contribution >= 4 is 6.03 Å². The van der Waals surface area contributed by atoms with Crippen LogP contribution in [0.3, 0.4) is 0 Å². The Bertz CT molecular complexity index is 29.0. The Morgan fingerprint density at radius 1 is 2.00 bits per heavy atom. The van der Waals surface area contributed by atoms with Crippen LogP contribution in [0.2, 0.25) is 0 Å². The normalized spacial score (nSPS) is 6.00. The molecule has 1 radical (unpaired) electrons. The molecule has 0 aromatic carbocycles. The molecule has 0 saturated heterocycles. The first-order chi connectivity index (χ1) is 1.73. The minimum Gasteiger partial charge on any atom is -0.350 e. The highest BCUT2D eigenvalue weighted by atomic mass is 16.2. The number of nitrogens with one attached hydrogen (secondary N) is 1. The predicted octanol–water partition coefficient (Wildman–Crippen LogP) is -0.652. The lowest BCUT2D eigenvalue weighted by atomic mass is 11.2. The van der Waals surface area contributed by atoms with Gasteiger partial charge in [-0.05, 0) is 0 Å². The number of carbonyl (C=O) groups is 1. The quantitative estimate of drug-likeness (QED) is 0.395. The topological polar surface area (TPSA) is 66.9 Å². The molecule has 3 nitrogen and oxygen atoms in total. The van der Waals surface area contributed by atoms with Crippen molar-refractivity contribution in [1.82, 2.24) is 5.73 Å². The van der Waals surface area contributed by atoms with E-state index >= 15 is 0 Å². The number of primary amides is 1. The molecule has 0 atom stereocenters. The smallest absolute Gasteiger partial charge is 0.330 e. The lowest BCUT2D eigenvalue weighted by Crippen LogP contribution is -2.06. The van der Waals surface area contributed by atoms with Crippen LogP contribution in [-0.2, 0) is 0 Å². The van der Waals surface area contributed by atoms with Gasteiger partial charge in [-0.15, -0.1) is 0 Å². The van der Waals surface area contributed by atoms with E-state index in [1.54, 1.807) is 0 Å². The molecule has 0 aromatic heterocycles. The zero-order valence-electron chi connectivity index (χ0n) is 1.99. The molecule has 0 fully saturated rings. The molecule has 0 heterocycles. The number of carbonyl (C=O) groups excluding carboxylic acids is 1. The highest BCUT2D eigenvalue weighted by Gasteiger charge is 1.63. The Labute approximate surface area is 23.6 Å². The van der Waals surface area contributed by atoms with Crippen LogP contribution in [0.5, 0.6) is 0 Å². The highest BCUT2D eigenvalue weighted by Crippen LogP contribution is 1.31. The Balaban J connectivity index is 2.80. The summed E-state index contributed by atoms with van der Waals surface area (Å²) in [5.74, 6) is 0. The van der Waals surface area contributed by atoms with Crippen LogP contribution in [0.15, 0.2) is 0 Å². The van der Waals surface area contributed by atoms with Gasteiger partial charge in [-0.1, -0.05) is 0 Å². The minimum atomic E-state index is -1.08. The van der Waals surface area contributed by atoms with Crippen molar-refractivity contribution in [2.24, 2.45) is 5.73 Å². The fraction of sp³-hybridized carbons (Fsp3) is 0. The fourth-order valence-corrected chi connectivity index (χ4v) is 0. The molecule has 4 heavy (non-hydrogen) atoms. The number of hydrogen-bond donors (Lipinski definition) is 1. The molecule has 3 N–H and O–H groups in total. The molecule has 0 rings (SSSR count). The summed E-state index contributed by atoms with van der Waals surface area (Å²) in [7, 11) is 0. The Morgan fingerprint density at radius 2 is 2.00 bits per heavy atom. The minimum absolute atomic E-state index is 1.08. The van der Waals surface area contributed by atoms with Crippen molar-refractivity contribution in [2.45, 2.75) is 0 Å². The second-order valence-corrected chi connectivity index (χ2v) is 0.364. The van der Waals surface area contributed by atoms with Crippen LogP contribution in [0, 0.1) is 0 Å². The van der Waals surface area contributed by atoms with Crippen molar-refractivity contribution in [3.63, 3.8) is 0 Å². The number of nitrogens with two attached hydrogens (primary N) is 1. The van der Waals surface area contributed by atoms with Crippen molar-refractivity contribution in [2.75, 3.05) is 0 Å². The molecule has 3 heteroatoms. The molecule has 0 unspecified atom stereocenters. The van der Waals surface area contributed by atoms with E-state index in [0.717, 1.165) is 0 Å². The summed E-state index contributed by atoms with van der Waals surface area (Å²) < 4.78 is 0. The SMILES string of the molecule is [NH]C(N)=O. The molecule has 0 aromatic rings. The van der Waals surface area contributed by atoms with Crippen LogP contribution >= 0.6 is 0 Å². The Hall–Kier alpha value is -0.730. The van der Waals surface area contributed by atoms with Gasteiger partial charge >= 0.3 is 6.03 Å². The average molecular weight is 59.0 g/mol. The number of amides is 2. The van der Waals surface area contributed by atoms with Crippen LogP contribution in [0.4, 0.5) is 4.79 Å². The maximum Gasteiger partial charge on any atom is 0.330 e. The first-order valence-corrected chi connectivity index (χ1v) is 0.743. The van der Waals surface area contributed by atoms with Gasteiger partial charge in [-0.25, -0.2) is 10.5 Å². The number of urea groups is 1. The van der Waals surface area contributed by atoms with Crippen LogP contribution in [0.25, 0.3) is 0 Å². The zero-order valence-corrected chi connectivity index (χ0v) is 1.99. The monoisotopic (exact) mass is 59.0 g/mol. The van der Waals surface area contributed by atoms with Gasteiger partial charge in [0.15, 0.2) is 0 Å². The molecule has 0 saturated carbocycles. The van der Waals surface area contributed by atoms with Crippen LogP contribution in [0.1, 0.15) is 0 Å². The number of hydrogen-bond acceptors (Lipinski definition) is 1. The summed E-state index contributed by atoms with van der Waals surface area (Å²) in [6.07, 6.45) is 0. The van der Waals surface area contributed by atoms with E-state index in [1.165, 1.54) is 0 Å². The standard InChI is InChI=1S/CH3N2O/c2-1(3)4/h2H,(H2,3,4). The molecule has 0 spiro atoms. The maximum absolute atomic E-state index is 8.89. The van der Waals surface area contributed by atoms with Crippen molar-refractivity contribution in [3.05, 3.63) is 0 Å². The molecular weight excluding hydrogens is 56.0 g/mol. The van der Waals surface area contributed by atoms with E-state index in [9.17, 15) is 0 Å². The van der Waals surface area contributed by atoms with Gasteiger partial charge in [0.25, 0.3) is 0 Å². The summed E-state index contributed by atoms with van der Waals surface area (Å²) in [5.41, 5.74) is 9.86. The molecular formula is CH3N2O. The van der Waals surface area contributed by atoms with Crippen LogP contribution in [-0.4, -0.2) is 6.03 Å². The highest BCUT2D eigenvalue weighted by molar-refractivity contribution is 5.68. The van der Waals surface area contributed by atoms with Crippen LogP contribution < -0.4 is 11.5 Å². The maximum atomic E-state index is 8.89. The Morgan fingerprint density at radius 3 is 2.00 bits per heavy atom. The number of rotatable bonds is 0. The summed E-state index contributed by atoms with van der Waals surface area (Å²) in [6, 6.07) is -1.08. The van der Waals surface area contributed by atoms with Crippen molar-refractivity contribution in [3.8, 4) is 0 Å². The van der Waals surface area contributed by atoms with Gasteiger partial charge < -0.3 is 5.73 Å². The third-order valence-electron chi connectivity index (χ3n) is 0. The lowest BCUT2D eigenvalue weighted by molar-refractivity contribution is 0.255. The first-order valence-electron chi connectivity index (χ1n) is 0.743. The molecule has 0 bridgehead atoms. The van der Waals surface area contributed by atoms with E-state index in [4.69, 9.17) is 10.5 Å².